The zero-order valence-corrected chi connectivity index (χ0v) is 11.0. The first kappa shape index (κ1) is 12.4. The van der Waals surface area contributed by atoms with Gasteiger partial charge in [-0.05, 0) is 43.7 Å². The molecule has 4 heteroatoms. The summed E-state index contributed by atoms with van der Waals surface area (Å²) in [5, 5.41) is 8.27. The molecule has 0 aliphatic carbocycles. The number of nitrogens with two attached hydrogens (primary N) is 1. The fourth-order valence-corrected chi connectivity index (χ4v) is 1.82. The molecule has 4 nitrogen and oxygen atoms in total. The van der Waals surface area contributed by atoms with E-state index in [-0.39, 0.29) is 6.04 Å². The Labute approximate surface area is 107 Å². The third-order valence-electron chi connectivity index (χ3n) is 3.12. The fraction of sp³-hybridized carbons (Fsp3) is 0.286. The third kappa shape index (κ3) is 2.59. The van der Waals surface area contributed by atoms with Crippen LogP contribution in [0.15, 0.2) is 36.4 Å². The van der Waals surface area contributed by atoms with Crippen molar-refractivity contribution in [2.45, 2.75) is 19.9 Å². The average molecular weight is 242 g/mol. The smallest absolute Gasteiger partial charge is 0.151 e. The molecule has 0 aliphatic heterocycles. The molecule has 1 atom stereocenters. The molecule has 0 radical (unpaired) electrons. The molecule has 2 rings (SSSR count). The van der Waals surface area contributed by atoms with Gasteiger partial charge in [-0.15, -0.1) is 5.10 Å². The Balaban J connectivity index is 2.23. The Morgan fingerprint density at radius 2 is 1.94 bits per heavy atom. The Bertz CT molecular complexity index is 522. The average Bonchev–Trinajstić information content (AvgIpc) is 2.38. The highest BCUT2D eigenvalue weighted by Crippen LogP contribution is 2.24. The van der Waals surface area contributed by atoms with Crippen LogP contribution in [0.2, 0.25) is 0 Å². The summed E-state index contributed by atoms with van der Waals surface area (Å²) in [6.45, 7) is 4.05. The lowest BCUT2D eigenvalue weighted by Crippen LogP contribution is -2.23. The highest BCUT2D eigenvalue weighted by atomic mass is 15.3. The van der Waals surface area contributed by atoms with Crippen molar-refractivity contribution in [3.8, 4) is 0 Å². The number of nitrogens with zero attached hydrogens (tertiary/aromatic N) is 3. The molecule has 0 saturated heterocycles. The van der Waals surface area contributed by atoms with Crippen molar-refractivity contribution in [3.05, 3.63) is 47.7 Å². The number of rotatable bonds is 3. The molecule has 0 spiro atoms. The van der Waals surface area contributed by atoms with Gasteiger partial charge in [0, 0.05) is 12.7 Å². The van der Waals surface area contributed by atoms with Gasteiger partial charge in [-0.3, -0.25) is 0 Å². The molecule has 0 aliphatic rings. The van der Waals surface area contributed by atoms with E-state index >= 15 is 0 Å². The van der Waals surface area contributed by atoms with Crippen molar-refractivity contribution in [1.29, 1.82) is 0 Å². The molecule has 0 bridgehead atoms. The van der Waals surface area contributed by atoms with Crippen LogP contribution in [0, 0.1) is 6.92 Å². The molecule has 0 saturated carbocycles. The third-order valence-corrected chi connectivity index (χ3v) is 3.12. The van der Waals surface area contributed by atoms with Crippen molar-refractivity contribution in [1.82, 2.24) is 10.2 Å². The summed E-state index contributed by atoms with van der Waals surface area (Å²) in [4.78, 5) is 2.08. The zero-order valence-electron chi connectivity index (χ0n) is 11.0. The molecule has 2 N–H and O–H groups in total. The largest absolute Gasteiger partial charge is 0.399 e. The summed E-state index contributed by atoms with van der Waals surface area (Å²) in [5.41, 5.74) is 8.68. The van der Waals surface area contributed by atoms with Gasteiger partial charge in [-0.2, -0.15) is 5.10 Å². The van der Waals surface area contributed by atoms with E-state index < -0.39 is 0 Å². The molecule has 2 aromatic rings. The first-order valence-corrected chi connectivity index (χ1v) is 5.96. The van der Waals surface area contributed by atoms with Crippen LogP contribution in [-0.2, 0) is 0 Å². The SMILES string of the molecule is Cc1ccc(N(C)C(C)c2cccc(N)c2)nn1. The van der Waals surface area contributed by atoms with Gasteiger partial charge in [0.1, 0.15) is 0 Å². The van der Waals surface area contributed by atoms with Crippen molar-refractivity contribution >= 4 is 11.5 Å². The second-order valence-corrected chi connectivity index (χ2v) is 4.49. The monoisotopic (exact) mass is 242 g/mol. The number of hydrogen-bond acceptors (Lipinski definition) is 4. The maximum atomic E-state index is 5.81. The molecule has 94 valence electrons. The van der Waals surface area contributed by atoms with E-state index in [0.29, 0.717) is 0 Å². The van der Waals surface area contributed by atoms with Crippen LogP contribution in [0.25, 0.3) is 0 Å². The Morgan fingerprint density at radius 1 is 1.17 bits per heavy atom. The lowest BCUT2D eigenvalue weighted by atomic mass is 10.1. The van der Waals surface area contributed by atoms with Crippen LogP contribution in [-0.4, -0.2) is 17.2 Å². The van der Waals surface area contributed by atoms with Crippen LogP contribution in [0.3, 0.4) is 0 Å². The number of aromatic nitrogens is 2. The lowest BCUT2D eigenvalue weighted by molar-refractivity contribution is 0.719. The highest BCUT2D eigenvalue weighted by Gasteiger charge is 2.13. The minimum atomic E-state index is 0.200. The number of anilines is 2. The van der Waals surface area contributed by atoms with E-state index in [4.69, 9.17) is 5.73 Å². The number of benzene rings is 1. The molecule has 1 aromatic heterocycles. The van der Waals surface area contributed by atoms with Gasteiger partial charge in [0.25, 0.3) is 0 Å². The molecule has 0 amide bonds. The number of aryl methyl sites for hydroxylation is 1. The summed E-state index contributed by atoms with van der Waals surface area (Å²) in [5.74, 6) is 0.857. The minimum absolute atomic E-state index is 0.200. The number of nitrogen functional groups attached to an aromatic ring is 1. The molecular formula is C14H18N4. The molecule has 1 unspecified atom stereocenters. The van der Waals surface area contributed by atoms with E-state index in [9.17, 15) is 0 Å². The standard InChI is InChI=1S/C14H18N4/c1-10-7-8-14(17-16-10)18(3)11(2)12-5-4-6-13(15)9-12/h4-9,11H,15H2,1-3H3. The first-order chi connectivity index (χ1) is 8.58. The molecular weight excluding hydrogens is 224 g/mol. The van der Waals surface area contributed by atoms with Gasteiger partial charge in [0.2, 0.25) is 0 Å². The maximum Gasteiger partial charge on any atom is 0.151 e. The van der Waals surface area contributed by atoms with Crippen molar-refractivity contribution in [2.24, 2.45) is 0 Å². The van der Waals surface area contributed by atoms with Gasteiger partial charge >= 0.3 is 0 Å². The van der Waals surface area contributed by atoms with Crippen LogP contribution in [0.1, 0.15) is 24.2 Å². The molecule has 1 aromatic carbocycles. The van der Waals surface area contributed by atoms with E-state index in [1.54, 1.807) is 0 Å². The van der Waals surface area contributed by atoms with Crippen LogP contribution in [0.5, 0.6) is 0 Å². The first-order valence-electron chi connectivity index (χ1n) is 5.96. The van der Waals surface area contributed by atoms with Crippen LogP contribution in [0.4, 0.5) is 11.5 Å². The van der Waals surface area contributed by atoms with Gasteiger partial charge < -0.3 is 10.6 Å². The van der Waals surface area contributed by atoms with E-state index in [2.05, 4.69) is 28.1 Å². The maximum absolute atomic E-state index is 5.81. The van der Waals surface area contributed by atoms with Crippen molar-refractivity contribution in [3.63, 3.8) is 0 Å². The van der Waals surface area contributed by atoms with Crippen molar-refractivity contribution < 1.29 is 0 Å². The fourth-order valence-electron chi connectivity index (χ4n) is 1.82. The summed E-state index contributed by atoms with van der Waals surface area (Å²) in [7, 11) is 2.01. The quantitative estimate of drug-likeness (QED) is 0.840. The van der Waals surface area contributed by atoms with Gasteiger partial charge in [-0.25, -0.2) is 0 Å². The summed E-state index contributed by atoms with van der Waals surface area (Å²) in [6, 6.07) is 12.1. The summed E-state index contributed by atoms with van der Waals surface area (Å²) < 4.78 is 0. The van der Waals surface area contributed by atoms with Crippen LogP contribution < -0.4 is 10.6 Å². The number of hydrogen-bond donors (Lipinski definition) is 1. The second-order valence-electron chi connectivity index (χ2n) is 4.49. The highest BCUT2D eigenvalue weighted by molar-refractivity contribution is 5.45. The summed E-state index contributed by atoms with van der Waals surface area (Å²) >= 11 is 0. The Hall–Kier alpha value is -2.10. The predicted octanol–water partition coefficient (Wildman–Crippen LogP) is 2.56. The van der Waals surface area contributed by atoms with Gasteiger partial charge in [0.15, 0.2) is 5.82 Å². The normalized spacial score (nSPS) is 12.2. The van der Waals surface area contributed by atoms with E-state index in [0.717, 1.165) is 17.2 Å². The minimum Gasteiger partial charge on any atom is -0.399 e. The summed E-state index contributed by atoms with van der Waals surface area (Å²) in [6.07, 6.45) is 0. The van der Waals surface area contributed by atoms with Gasteiger partial charge in [-0.1, -0.05) is 12.1 Å². The Morgan fingerprint density at radius 3 is 2.56 bits per heavy atom. The van der Waals surface area contributed by atoms with Gasteiger partial charge in [0.05, 0.1) is 11.7 Å². The second kappa shape index (κ2) is 5.04. The Kier molecular flexibility index (Phi) is 3.46. The zero-order chi connectivity index (χ0) is 13.1. The lowest BCUT2D eigenvalue weighted by Gasteiger charge is -2.26. The van der Waals surface area contributed by atoms with Crippen LogP contribution >= 0.6 is 0 Å². The van der Waals surface area contributed by atoms with E-state index in [1.807, 2.05) is 44.3 Å². The molecule has 18 heavy (non-hydrogen) atoms. The van der Waals surface area contributed by atoms with Crippen molar-refractivity contribution in [2.75, 3.05) is 17.7 Å². The van der Waals surface area contributed by atoms with E-state index in [1.165, 1.54) is 5.56 Å². The molecule has 0 fully saturated rings. The topological polar surface area (TPSA) is 55.0 Å². The predicted molar refractivity (Wildman–Crippen MR) is 74.4 cm³/mol. The molecule has 1 heterocycles.